The molecule has 0 saturated heterocycles. The first-order chi connectivity index (χ1) is 7.90. The van der Waals surface area contributed by atoms with Crippen LogP contribution in [0.2, 0.25) is 0 Å². The second-order valence-electron chi connectivity index (χ2n) is 5.28. The highest BCUT2D eigenvalue weighted by Crippen LogP contribution is 2.43. The zero-order valence-electron chi connectivity index (χ0n) is 10.3. The van der Waals surface area contributed by atoms with Crippen LogP contribution >= 0.6 is 11.8 Å². The molecule has 16 heavy (non-hydrogen) atoms. The normalized spacial score (nSPS) is 30.2. The largest absolute Gasteiger partial charge is 0.313 e. The zero-order valence-corrected chi connectivity index (χ0v) is 11.1. The van der Waals surface area contributed by atoms with E-state index in [-0.39, 0.29) is 0 Å². The van der Waals surface area contributed by atoms with Crippen LogP contribution in [0.25, 0.3) is 0 Å². The van der Waals surface area contributed by atoms with Crippen LogP contribution in [-0.2, 0) is 0 Å². The molecule has 0 spiro atoms. The molecule has 0 aromatic rings. The Kier molecular flexibility index (Phi) is 5.24. The van der Waals surface area contributed by atoms with Crippen molar-refractivity contribution in [1.82, 2.24) is 5.32 Å². The molecule has 2 heteroatoms. The summed E-state index contributed by atoms with van der Waals surface area (Å²) < 4.78 is 0. The molecule has 2 fully saturated rings. The number of hydrogen-bond donors (Lipinski definition) is 1. The molecule has 1 N–H and O–H groups in total. The molecule has 0 heterocycles. The maximum atomic E-state index is 3.74. The van der Waals surface area contributed by atoms with E-state index in [0.717, 1.165) is 23.6 Å². The monoisotopic (exact) mass is 239 g/mol. The Morgan fingerprint density at radius 2 is 2.06 bits per heavy atom. The van der Waals surface area contributed by atoms with Crippen molar-refractivity contribution in [1.29, 1.82) is 0 Å². The van der Waals surface area contributed by atoms with Gasteiger partial charge in [-0.1, -0.05) is 18.9 Å². The fourth-order valence-corrected chi connectivity index (χ4v) is 3.51. The van der Waals surface area contributed by atoms with Gasteiger partial charge in [0.25, 0.3) is 0 Å². The van der Waals surface area contributed by atoms with E-state index < -0.39 is 0 Å². The minimum atomic E-state index is 0.823. The summed E-state index contributed by atoms with van der Waals surface area (Å²) in [6.07, 6.45) is 10.9. The van der Waals surface area contributed by atoms with Crippen LogP contribution < -0.4 is 5.32 Å². The third kappa shape index (κ3) is 4.14. The Morgan fingerprint density at radius 1 is 1.19 bits per heavy atom. The predicted octanol–water partition coefficient (Wildman–Crippen LogP) is 3.46. The van der Waals surface area contributed by atoms with Crippen molar-refractivity contribution in [2.75, 3.05) is 18.1 Å². The summed E-state index contributed by atoms with van der Waals surface area (Å²) in [5, 5.41) is 3.74. The van der Waals surface area contributed by atoms with E-state index in [2.05, 4.69) is 11.9 Å². The molecule has 2 unspecified atom stereocenters. The van der Waals surface area contributed by atoms with Gasteiger partial charge in [0.2, 0.25) is 0 Å². The van der Waals surface area contributed by atoms with Crippen LogP contribution in [0, 0.1) is 11.8 Å². The van der Waals surface area contributed by atoms with E-state index in [4.69, 9.17) is 0 Å². The van der Waals surface area contributed by atoms with E-state index in [1.807, 2.05) is 17.8 Å². The van der Waals surface area contributed by atoms with Crippen molar-refractivity contribution in [3.63, 3.8) is 0 Å². The van der Waals surface area contributed by atoms with Gasteiger partial charge in [-0.2, -0.15) is 11.8 Å². The smallest absolute Gasteiger partial charge is 0.0111 e. The predicted molar refractivity (Wildman–Crippen MR) is 74.0 cm³/mol. The molecule has 1 nitrogen and oxygen atoms in total. The third-order valence-corrected chi connectivity index (χ3v) is 4.88. The minimum absolute atomic E-state index is 0.823. The summed E-state index contributed by atoms with van der Waals surface area (Å²) in [6, 6.07) is 0.823. The Balaban J connectivity index is 1.56. The van der Waals surface area contributed by atoms with Crippen molar-refractivity contribution >= 4 is 11.8 Å². The van der Waals surface area contributed by atoms with Gasteiger partial charge in [-0.05, 0) is 37.5 Å². The first-order valence-electron chi connectivity index (χ1n) is 6.82. The summed E-state index contributed by atoms with van der Waals surface area (Å²) in [4.78, 5) is 0. The average Bonchev–Trinajstić information content (AvgIpc) is 3.13. The summed E-state index contributed by atoms with van der Waals surface area (Å²) in [7, 11) is 0. The van der Waals surface area contributed by atoms with Gasteiger partial charge in [0.1, 0.15) is 0 Å². The molecule has 0 aromatic carbocycles. The molecule has 92 valence electrons. The van der Waals surface area contributed by atoms with Gasteiger partial charge in [-0.25, -0.2) is 0 Å². The van der Waals surface area contributed by atoms with E-state index >= 15 is 0 Å². The highest BCUT2D eigenvalue weighted by molar-refractivity contribution is 7.99. The van der Waals surface area contributed by atoms with Gasteiger partial charge in [0.15, 0.2) is 0 Å². The molecule has 2 rings (SSSR count). The van der Waals surface area contributed by atoms with Crippen molar-refractivity contribution in [2.45, 2.75) is 44.6 Å². The van der Waals surface area contributed by atoms with Crippen LogP contribution in [-0.4, -0.2) is 24.1 Å². The lowest BCUT2D eigenvalue weighted by molar-refractivity contribution is 0.264. The molecule has 0 aliphatic heterocycles. The summed E-state index contributed by atoms with van der Waals surface area (Å²) in [5.41, 5.74) is 0. The SMILES string of the molecule is C=CCSCCNC1CCCC(C2CC2)C1. The van der Waals surface area contributed by atoms with E-state index in [0.29, 0.717) is 0 Å². The highest BCUT2D eigenvalue weighted by atomic mass is 32.2. The molecule has 0 bridgehead atoms. The van der Waals surface area contributed by atoms with Crippen LogP contribution in [0.4, 0.5) is 0 Å². The topological polar surface area (TPSA) is 12.0 Å². The number of thioether (sulfide) groups is 1. The van der Waals surface area contributed by atoms with Crippen LogP contribution in [0.15, 0.2) is 12.7 Å². The van der Waals surface area contributed by atoms with Gasteiger partial charge in [0, 0.05) is 24.1 Å². The Labute approximate surface area is 104 Å². The van der Waals surface area contributed by atoms with Gasteiger partial charge in [-0.3, -0.25) is 0 Å². The molecule has 2 atom stereocenters. The zero-order chi connectivity index (χ0) is 11.2. The van der Waals surface area contributed by atoms with Crippen LogP contribution in [0.1, 0.15) is 38.5 Å². The second-order valence-corrected chi connectivity index (χ2v) is 6.43. The maximum Gasteiger partial charge on any atom is 0.0111 e. The third-order valence-electron chi connectivity index (χ3n) is 3.92. The molecule has 2 saturated carbocycles. The standard InChI is InChI=1S/C14H25NS/c1-2-9-16-10-8-15-14-5-3-4-13(11-14)12-6-7-12/h2,12-15H,1,3-11H2. The van der Waals surface area contributed by atoms with E-state index in [1.165, 1.54) is 50.8 Å². The Hall–Kier alpha value is 0.0500. The van der Waals surface area contributed by atoms with E-state index in [1.54, 1.807) is 0 Å². The van der Waals surface area contributed by atoms with Crippen molar-refractivity contribution < 1.29 is 0 Å². The number of nitrogens with one attached hydrogen (secondary N) is 1. The van der Waals surface area contributed by atoms with Crippen molar-refractivity contribution in [2.24, 2.45) is 11.8 Å². The molecule has 2 aliphatic rings. The van der Waals surface area contributed by atoms with Gasteiger partial charge >= 0.3 is 0 Å². The van der Waals surface area contributed by atoms with Gasteiger partial charge in [-0.15, -0.1) is 6.58 Å². The lowest BCUT2D eigenvalue weighted by atomic mass is 9.83. The maximum absolute atomic E-state index is 3.74. The first-order valence-corrected chi connectivity index (χ1v) is 7.97. The van der Waals surface area contributed by atoms with Crippen molar-refractivity contribution in [3.05, 3.63) is 12.7 Å². The van der Waals surface area contributed by atoms with Gasteiger partial charge in [0.05, 0.1) is 0 Å². The fourth-order valence-electron chi connectivity index (χ4n) is 2.91. The van der Waals surface area contributed by atoms with Crippen molar-refractivity contribution in [3.8, 4) is 0 Å². The lowest BCUT2D eigenvalue weighted by Crippen LogP contribution is -2.36. The minimum Gasteiger partial charge on any atom is -0.313 e. The van der Waals surface area contributed by atoms with E-state index in [9.17, 15) is 0 Å². The molecular weight excluding hydrogens is 214 g/mol. The number of hydrogen-bond acceptors (Lipinski definition) is 2. The Morgan fingerprint density at radius 3 is 2.81 bits per heavy atom. The van der Waals surface area contributed by atoms with Crippen LogP contribution in [0.3, 0.4) is 0 Å². The first kappa shape index (κ1) is 12.5. The van der Waals surface area contributed by atoms with Crippen LogP contribution in [0.5, 0.6) is 0 Å². The molecule has 0 aromatic heterocycles. The average molecular weight is 239 g/mol. The fraction of sp³-hybridized carbons (Fsp3) is 0.857. The van der Waals surface area contributed by atoms with Gasteiger partial charge < -0.3 is 5.32 Å². The number of rotatable bonds is 7. The Bertz CT molecular complexity index is 213. The lowest BCUT2D eigenvalue weighted by Gasteiger charge is -2.30. The quantitative estimate of drug-likeness (QED) is 0.539. The molecule has 0 amide bonds. The summed E-state index contributed by atoms with van der Waals surface area (Å²) in [5.74, 6) is 4.50. The highest BCUT2D eigenvalue weighted by Gasteiger charge is 2.34. The second kappa shape index (κ2) is 6.70. The molecular formula is C14H25NS. The molecule has 2 aliphatic carbocycles. The summed E-state index contributed by atoms with van der Waals surface area (Å²) in [6.45, 7) is 4.92. The molecule has 0 radical (unpaired) electrons. The summed E-state index contributed by atoms with van der Waals surface area (Å²) >= 11 is 1.98.